The average molecular weight is 366 g/mol. The van der Waals surface area contributed by atoms with Crippen molar-refractivity contribution in [3.05, 3.63) is 22.4 Å². The summed E-state index contributed by atoms with van der Waals surface area (Å²) < 4.78 is 28.4. The van der Waals surface area contributed by atoms with E-state index in [-0.39, 0.29) is 55.0 Å². The normalized spacial score (nSPS) is 25.8. The summed E-state index contributed by atoms with van der Waals surface area (Å²) >= 11 is 0. The quantitative estimate of drug-likeness (QED) is 0.430. The third-order valence-corrected chi connectivity index (χ3v) is 5.62. The molecular weight excluding hydrogens is 346 g/mol. The summed E-state index contributed by atoms with van der Waals surface area (Å²) in [6.07, 6.45) is 2.99. The molecule has 140 valence electrons. The molecule has 2 aliphatic rings. The molecule has 2 saturated carbocycles. The number of halogens is 2. The van der Waals surface area contributed by atoms with Gasteiger partial charge in [0.25, 0.3) is 5.56 Å². The fraction of sp³-hybridized carbons (Fsp3) is 0.625. The van der Waals surface area contributed by atoms with Crippen molar-refractivity contribution < 1.29 is 13.6 Å². The van der Waals surface area contributed by atoms with Crippen molar-refractivity contribution >= 4 is 16.9 Å². The van der Waals surface area contributed by atoms with Crippen LogP contribution in [0.15, 0.2) is 11.0 Å². The Morgan fingerprint density at radius 3 is 2.65 bits per heavy atom. The lowest BCUT2D eigenvalue weighted by Crippen LogP contribution is -2.43. The number of carbonyl (C=O) groups is 1. The summed E-state index contributed by atoms with van der Waals surface area (Å²) in [5.41, 5.74) is 2.19. The number of rotatable bonds is 3. The van der Waals surface area contributed by atoms with E-state index in [4.69, 9.17) is 5.84 Å². The molecule has 0 aromatic carbocycles. The second-order valence-electron chi connectivity index (χ2n) is 7.16. The van der Waals surface area contributed by atoms with Crippen LogP contribution >= 0.6 is 0 Å². The number of nitrogens with two attached hydrogens (primary N) is 1. The topological polar surface area (TPSA) is 119 Å². The Balaban J connectivity index is 1.68. The molecule has 4 N–H and O–H groups in total. The number of fused-ring (bicyclic) bond motifs is 1. The molecule has 1 amide bonds. The van der Waals surface area contributed by atoms with Crippen LogP contribution in [0.5, 0.6) is 0 Å². The predicted octanol–water partition coefficient (Wildman–Crippen LogP) is 1.35. The number of amides is 1. The van der Waals surface area contributed by atoms with Gasteiger partial charge in [-0.1, -0.05) is 0 Å². The minimum atomic E-state index is -2.63. The van der Waals surface area contributed by atoms with Crippen molar-refractivity contribution in [3.63, 3.8) is 0 Å². The molecule has 2 aromatic rings. The van der Waals surface area contributed by atoms with Gasteiger partial charge in [-0.3, -0.25) is 15.0 Å². The number of hydrogen-bond acceptors (Lipinski definition) is 5. The third kappa shape index (κ3) is 2.77. The van der Waals surface area contributed by atoms with E-state index in [1.165, 1.54) is 6.20 Å². The Hall–Kier alpha value is -2.36. The molecule has 26 heavy (non-hydrogen) atoms. The van der Waals surface area contributed by atoms with Crippen LogP contribution in [0.3, 0.4) is 0 Å². The van der Waals surface area contributed by atoms with Crippen LogP contribution in [0.4, 0.5) is 8.78 Å². The molecule has 10 heteroatoms. The lowest BCUT2D eigenvalue weighted by Gasteiger charge is -2.34. The maximum Gasteiger partial charge on any atom is 0.262 e. The number of hydrazine groups is 1. The molecular formula is C16H20F2N6O2. The number of H-pyrrole nitrogens is 1. The summed E-state index contributed by atoms with van der Waals surface area (Å²) in [6.45, 7) is 0. The monoisotopic (exact) mass is 366 g/mol. The highest BCUT2D eigenvalue weighted by Crippen LogP contribution is 2.42. The van der Waals surface area contributed by atoms with Gasteiger partial charge in [-0.15, -0.1) is 0 Å². The number of nitrogens with one attached hydrogen (secondary N) is 2. The molecule has 0 bridgehead atoms. The van der Waals surface area contributed by atoms with Crippen molar-refractivity contribution in [1.29, 1.82) is 0 Å². The van der Waals surface area contributed by atoms with E-state index in [0.29, 0.717) is 23.3 Å². The first-order valence-electron chi connectivity index (χ1n) is 8.75. The van der Waals surface area contributed by atoms with E-state index in [0.717, 1.165) is 6.42 Å². The van der Waals surface area contributed by atoms with Gasteiger partial charge in [0.15, 0.2) is 5.65 Å². The first-order valence-corrected chi connectivity index (χ1v) is 8.75. The highest BCUT2D eigenvalue weighted by molar-refractivity contribution is 5.80. The lowest BCUT2D eigenvalue weighted by atomic mass is 9.72. The fourth-order valence-electron chi connectivity index (χ4n) is 3.91. The molecule has 8 nitrogen and oxygen atoms in total. The first-order chi connectivity index (χ1) is 12.4. The molecule has 4 rings (SSSR count). The van der Waals surface area contributed by atoms with E-state index >= 15 is 0 Å². The minimum absolute atomic E-state index is 0.198. The maximum absolute atomic E-state index is 13.4. The van der Waals surface area contributed by atoms with Crippen molar-refractivity contribution in [2.24, 2.45) is 11.8 Å². The smallest absolute Gasteiger partial charge is 0.262 e. The molecule has 2 fully saturated rings. The first kappa shape index (κ1) is 17.1. The van der Waals surface area contributed by atoms with E-state index in [9.17, 15) is 18.4 Å². The molecule has 2 aromatic heterocycles. The molecule has 2 atom stereocenters. The van der Waals surface area contributed by atoms with E-state index in [2.05, 4.69) is 20.5 Å². The Bertz CT molecular complexity index is 898. The molecule has 0 saturated heterocycles. The maximum atomic E-state index is 13.4. The Morgan fingerprint density at radius 2 is 2.04 bits per heavy atom. The van der Waals surface area contributed by atoms with Crippen LogP contribution in [-0.2, 0) is 4.79 Å². The summed E-state index contributed by atoms with van der Waals surface area (Å²) in [6, 6.07) is -0.209. The molecule has 0 unspecified atom stereocenters. The van der Waals surface area contributed by atoms with Crippen molar-refractivity contribution in [2.75, 3.05) is 0 Å². The second-order valence-corrected chi connectivity index (χ2v) is 7.16. The number of aromatic nitrogens is 4. The Labute approximate surface area is 147 Å². The molecule has 2 aliphatic carbocycles. The lowest BCUT2D eigenvalue weighted by molar-refractivity contribution is -0.128. The van der Waals surface area contributed by atoms with Gasteiger partial charge in [0.2, 0.25) is 11.8 Å². The van der Waals surface area contributed by atoms with Crippen LogP contribution in [0.1, 0.15) is 56.3 Å². The number of hydrogen-bond donors (Lipinski definition) is 3. The van der Waals surface area contributed by atoms with Gasteiger partial charge in [0.05, 0.1) is 12.2 Å². The van der Waals surface area contributed by atoms with Gasteiger partial charge in [0, 0.05) is 24.7 Å². The Kier molecular flexibility index (Phi) is 4.02. The molecule has 0 spiro atoms. The number of aromatic amines is 1. The summed E-state index contributed by atoms with van der Waals surface area (Å²) in [5.74, 6) is 2.16. The average Bonchev–Trinajstić information content (AvgIpc) is 2.98. The zero-order valence-electron chi connectivity index (χ0n) is 14.0. The van der Waals surface area contributed by atoms with Gasteiger partial charge in [-0.05, 0) is 25.7 Å². The standard InChI is InChI=1S/C16H20F2N6O2/c17-16(18)5-3-8(4-6-16)24-13-11(7-20-24)14(25)22-12(21-13)9-1-2-10(9)15(26)23-19/h7-10H,1-6,19H2,(H,23,26)(H,21,22,25)/t9-,10-/m1/s1. The van der Waals surface area contributed by atoms with E-state index in [1.807, 2.05) is 0 Å². The van der Waals surface area contributed by atoms with Crippen molar-refractivity contribution in [3.8, 4) is 0 Å². The summed E-state index contributed by atoms with van der Waals surface area (Å²) in [4.78, 5) is 31.5. The highest BCUT2D eigenvalue weighted by atomic mass is 19.3. The molecule has 0 aliphatic heterocycles. The predicted molar refractivity (Wildman–Crippen MR) is 88.4 cm³/mol. The Morgan fingerprint density at radius 1 is 1.31 bits per heavy atom. The highest BCUT2D eigenvalue weighted by Gasteiger charge is 2.40. The molecule has 2 heterocycles. The van der Waals surface area contributed by atoms with Gasteiger partial charge >= 0.3 is 0 Å². The van der Waals surface area contributed by atoms with E-state index < -0.39 is 5.92 Å². The van der Waals surface area contributed by atoms with Gasteiger partial charge in [0.1, 0.15) is 11.2 Å². The van der Waals surface area contributed by atoms with Crippen LogP contribution in [-0.4, -0.2) is 31.6 Å². The van der Waals surface area contributed by atoms with Crippen molar-refractivity contribution in [1.82, 2.24) is 25.2 Å². The zero-order chi connectivity index (χ0) is 18.5. The number of nitrogens with zero attached hydrogens (tertiary/aromatic N) is 3. The number of alkyl halides is 2. The van der Waals surface area contributed by atoms with Gasteiger partial charge < -0.3 is 4.98 Å². The largest absolute Gasteiger partial charge is 0.310 e. The summed E-state index contributed by atoms with van der Waals surface area (Å²) in [5, 5.41) is 4.56. The van der Waals surface area contributed by atoms with Crippen LogP contribution in [0.2, 0.25) is 0 Å². The number of carbonyl (C=O) groups excluding carboxylic acids is 1. The van der Waals surface area contributed by atoms with Crippen molar-refractivity contribution in [2.45, 2.75) is 56.4 Å². The van der Waals surface area contributed by atoms with Gasteiger partial charge in [-0.25, -0.2) is 24.3 Å². The second kappa shape index (κ2) is 6.11. The molecule has 0 radical (unpaired) electrons. The minimum Gasteiger partial charge on any atom is -0.310 e. The van der Waals surface area contributed by atoms with Crippen LogP contribution < -0.4 is 16.8 Å². The SMILES string of the molecule is NNC(=O)[C@@H]1CC[C@H]1c1nc2c(cnn2C2CCC(F)(F)CC2)c(=O)[nH]1. The van der Waals surface area contributed by atoms with Crippen LogP contribution in [0.25, 0.3) is 11.0 Å². The van der Waals surface area contributed by atoms with Gasteiger partial charge in [-0.2, -0.15) is 5.10 Å². The zero-order valence-corrected chi connectivity index (χ0v) is 14.0. The van der Waals surface area contributed by atoms with Crippen LogP contribution in [0, 0.1) is 5.92 Å². The summed E-state index contributed by atoms with van der Waals surface area (Å²) in [7, 11) is 0. The fourth-order valence-corrected chi connectivity index (χ4v) is 3.91. The van der Waals surface area contributed by atoms with E-state index in [1.54, 1.807) is 4.68 Å². The third-order valence-electron chi connectivity index (χ3n) is 5.62.